The summed E-state index contributed by atoms with van der Waals surface area (Å²) in [4.78, 5) is 37.6. The number of amides is 1. The van der Waals surface area contributed by atoms with Crippen molar-refractivity contribution in [2.45, 2.75) is 14.3 Å². The molecule has 1 amide bonds. The van der Waals surface area contributed by atoms with Crippen molar-refractivity contribution in [3.8, 4) is 5.75 Å². The van der Waals surface area contributed by atoms with Crippen LogP contribution in [0.15, 0.2) is 104 Å². The summed E-state index contributed by atoms with van der Waals surface area (Å²) in [5.74, 6) is 0.649. The van der Waals surface area contributed by atoms with Crippen LogP contribution >= 0.6 is 34.9 Å². The molecular weight excluding hydrogens is 567 g/mol. The Bertz CT molecular complexity index is 1710. The zero-order valence-corrected chi connectivity index (χ0v) is 23.5. The predicted molar refractivity (Wildman–Crippen MR) is 161 cm³/mol. The normalized spacial score (nSPS) is 11.1. The molecule has 1 N–H and O–H groups in total. The predicted octanol–water partition coefficient (Wildman–Crippen LogP) is 7.24. The highest BCUT2D eigenvalue weighted by atomic mass is 32.2. The van der Waals surface area contributed by atoms with Gasteiger partial charge < -0.3 is 10.1 Å². The summed E-state index contributed by atoms with van der Waals surface area (Å²) in [7, 11) is 1.56. The number of para-hydroxylation sites is 2. The number of hydrogen-bond donors (Lipinski definition) is 1. The van der Waals surface area contributed by atoms with Crippen molar-refractivity contribution >= 4 is 74.3 Å². The van der Waals surface area contributed by atoms with Crippen LogP contribution in [0.2, 0.25) is 0 Å². The van der Waals surface area contributed by atoms with Crippen LogP contribution in [0.25, 0.3) is 10.2 Å². The molecule has 12 heteroatoms. The molecule has 0 atom stereocenters. The van der Waals surface area contributed by atoms with E-state index in [1.807, 2.05) is 36.4 Å². The number of benzene rings is 3. The van der Waals surface area contributed by atoms with Crippen LogP contribution in [0.1, 0.15) is 5.56 Å². The molecule has 2 heterocycles. The fraction of sp³-hybridized carbons (Fsp3) is 0.0714. The third kappa shape index (κ3) is 6.84. The third-order valence-electron chi connectivity index (χ3n) is 5.45. The van der Waals surface area contributed by atoms with E-state index in [1.54, 1.807) is 55.9 Å². The van der Waals surface area contributed by atoms with E-state index in [1.165, 1.54) is 40.9 Å². The number of hydrogen-bond acceptors (Lipinski definition) is 10. The first-order valence-corrected chi connectivity index (χ1v) is 14.5. The monoisotopic (exact) mass is 587 g/mol. The number of aromatic nitrogens is 2. The number of fused-ring (bicyclic) bond motifs is 1. The van der Waals surface area contributed by atoms with Gasteiger partial charge in [-0.3, -0.25) is 19.9 Å². The van der Waals surface area contributed by atoms with E-state index in [0.717, 1.165) is 14.6 Å². The fourth-order valence-electron chi connectivity index (χ4n) is 3.61. The maximum Gasteiger partial charge on any atom is 0.283 e. The summed E-state index contributed by atoms with van der Waals surface area (Å²) in [6.45, 7) is 0. The number of thioether (sulfide) groups is 1. The lowest BCUT2D eigenvalue weighted by atomic mass is 10.2. The standard InChI is InChI=1S/C28H21N5O4S3/c1-37-23-7-3-2-6-20(23)31-26(34)17-38-28-32-21-11-10-19(15-25(21)40-28)30-16-18-9-12-24(22(14-18)33(35)36)39-27-8-4-5-13-29-27/h2-16H,17H2,1H3,(H,31,34). The van der Waals surface area contributed by atoms with Gasteiger partial charge in [0, 0.05) is 18.5 Å². The number of anilines is 1. The van der Waals surface area contributed by atoms with E-state index in [2.05, 4.69) is 20.3 Å². The first kappa shape index (κ1) is 27.3. The molecule has 0 spiro atoms. The number of carbonyl (C=O) groups excluding carboxylic acids is 1. The second-order valence-corrected chi connectivity index (χ2v) is 11.5. The SMILES string of the molecule is COc1ccccc1NC(=O)CSc1nc2ccc(N=Cc3ccc(Sc4ccccn4)c([N+](=O)[O-])c3)cc2s1. The highest BCUT2D eigenvalue weighted by Gasteiger charge is 2.16. The van der Waals surface area contributed by atoms with Crippen LogP contribution in [0.3, 0.4) is 0 Å². The number of aliphatic imine (C=N–C) groups is 1. The summed E-state index contributed by atoms with van der Waals surface area (Å²) >= 11 is 4.07. The number of nitrogens with zero attached hydrogens (tertiary/aromatic N) is 4. The van der Waals surface area contributed by atoms with Gasteiger partial charge >= 0.3 is 0 Å². The van der Waals surface area contributed by atoms with Crippen molar-refractivity contribution in [1.29, 1.82) is 0 Å². The van der Waals surface area contributed by atoms with Gasteiger partial charge in [-0.15, -0.1) is 11.3 Å². The molecule has 9 nitrogen and oxygen atoms in total. The Hall–Kier alpha value is -4.26. The molecule has 0 radical (unpaired) electrons. The summed E-state index contributed by atoms with van der Waals surface area (Å²) in [6.07, 6.45) is 3.25. The lowest BCUT2D eigenvalue weighted by molar-refractivity contribution is -0.387. The van der Waals surface area contributed by atoms with E-state index in [9.17, 15) is 14.9 Å². The molecule has 0 unspecified atom stereocenters. The Labute approximate surface area is 241 Å². The highest BCUT2D eigenvalue weighted by molar-refractivity contribution is 8.01. The number of nitro benzene ring substituents is 1. The third-order valence-corrected chi connectivity index (χ3v) is 8.63. The minimum Gasteiger partial charge on any atom is -0.495 e. The van der Waals surface area contributed by atoms with E-state index >= 15 is 0 Å². The average Bonchev–Trinajstić information content (AvgIpc) is 3.38. The molecule has 0 saturated heterocycles. The van der Waals surface area contributed by atoms with Crippen LogP contribution in [0, 0.1) is 10.1 Å². The molecule has 0 aliphatic heterocycles. The molecule has 0 aliphatic rings. The van der Waals surface area contributed by atoms with Gasteiger partial charge in [-0.2, -0.15) is 0 Å². The van der Waals surface area contributed by atoms with Crippen molar-refractivity contribution in [2.24, 2.45) is 4.99 Å². The largest absolute Gasteiger partial charge is 0.495 e. The van der Waals surface area contributed by atoms with Gasteiger partial charge in [0.1, 0.15) is 10.8 Å². The molecule has 200 valence electrons. The minimum absolute atomic E-state index is 0.00563. The van der Waals surface area contributed by atoms with E-state index in [0.29, 0.717) is 32.6 Å². The Balaban J connectivity index is 1.25. The van der Waals surface area contributed by atoms with Gasteiger partial charge in [-0.25, -0.2) is 9.97 Å². The van der Waals surface area contributed by atoms with Crippen LogP contribution in [-0.2, 0) is 4.79 Å². The van der Waals surface area contributed by atoms with Crippen molar-refractivity contribution < 1.29 is 14.5 Å². The fourth-order valence-corrected chi connectivity index (χ4v) is 6.37. The molecule has 40 heavy (non-hydrogen) atoms. The van der Waals surface area contributed by atoms with Crippen molar-refractivity contribution in [2.75, 3.05) is 18.2 Å². The summed E-state index contributed by atoms with van der Waals surface area (Å²) < 4.78 is 6.97. The molecule has 2 aromatic heterocycles. The first-order valence-electron chi connectivity index (χ1n) is 11.9. The van der Waals surface area contributed by atoms with E-state index < -0.39 is 4.92 Å². The number of methoxy groups -OCH3 is 1. The second kappa shape index (κ2) is 12.7. The van der Waals surface area contributed by atoms with Gasteiger partial charge in [0.2, 0.25) is 5.91 Å². The maximum absolute atomic E-state index is 12.4. The Kier molecular flexibility index (Phi) is 8.69. The average molecular weight is 588 g/mol. The van der Waals surface area contributed by atoms with E-state index in [-0.39, 0.29) is 17.3 Å². The van der Waals surface area contributed by atoms with Crippen LogP contribution in [0.4, 0.5) is 17.1 Å². The van der Waals surface area contributed by atoms with Crippen LogP contribution < -0.4 is 10.1 Å². The number of carbonyl (C=O) groups is 1. The van der Waals surface area contributed by atoms with Gasteiger partial charge in [-0.1, -0.05) is 47.8 Å². The van der Waals surface area contributed by atoms with Gasteiger partial charge in [-0.05, 0) is 54.1 Å². The number of nitro groups is 1. The molecule has 0 bridgehead atoms. The molecule has 3 aromatic carbocycles. The smallest absolute Gasteiger partial charge is 0.283 e. The lowest BCUT2D eigenvalue weighted by Gasteiger charge is -2.09. The molecule has 0 fully saturated rings. The highest BCUT2D eigenvalue weighted by Crippen LogP contribution is 2.35. The maximum atomic E-state index is 12.4. The Morgan fingerprint density at radius 3 is 2.77 bits per heavy atom. The Morgan fingerprint density at radius 1 is 1.12 bits per heavy atom. The number of pyridine rings is 1. The zero-order chi connectivity index (χ0) is 27.9. The summed E-state index contributed by atoms with van der Waals surface area (Å²) in [6, 6.07) is 23.3. The number of thiazole rings is 1. The quantitative estimate of drug-likeness (QED) is 0.0786. The Morgan fingerprint density at radius 2 is 1.98 bits per heavy atom. The second-order valence-electron chi connectivity index (χ2n) is 8.18. The number of nitrogens with one attached hydrogen (secondary N) is 1. The molecule has 0 saturated carbocycles. The minimum atomic E-state index is -0.401. The summed E-state index contributed by atoms with van der Waals surface area (Å²) in [5.41, 5.74) is 2.72. The molecule has 0 aliphatic carbocycles. The van der Waals surface area contributed by atoms with Crippen LogP contribution in [0.5, 0.6) is 5.75 Å². The molecular formula is C28H21N5O4S3. The number of ether oxygens (including phenoxy) is 1. The van der Waals surface area contributed by atoms with Gasteiger partial charge in [0.15, 0.2) is 4.34 Å². The van der Waals surface area contributed by atoms with E-state index in [4.69, 9.17) is 4.74 Å². The van der Waals surface area contributed by atoms with Gasteiger partial charge in [0.25, 0.3) is 5.69 Å². The number of rotatable bonds is 10. The van der Waals surface area contributed by atoms with Crippen molar-refractivity contribution in [3.63, 3.8) is 0 Å². The topological polar surface area (TPSA) is 120 Å². The first-order chi connectivity index (χ1) is 19.5. The van der Waals surface area contributed by atoms with Crippen molar-refractivity contribution in [1.82, 2.24) is 9.97 Å². The van der Waals surface area contributed by atoms with Crippen molar-refractivity contribution in [3.05, 3.63) is 101 Å². The van der Waals surface area contributed by atoms with Crippen LogP contribution in [-0.4, -0.2) is 39.9 Å². The lowest BCUT2D eigenvalue weighted by Crippen LogP contribution is -2.14. The summed E-state index contributed by atoms with van der Waals surface area (Å²) in [5, 5.41) is 15.2. The van der Waals surface area contributed by atoms with Gasteiger partial charge in [0.05, 0.1) is 44.3 Å². The zero-order valence-electron chi connectivity index (χ0n) is 21.0. The molecule has 5 aromatic rings. The molecule has 5 rings (SSSR count).